The molecule has 2 aromatic rings. The molecule has 0 radical (unpaired) electrons. The highest BCUT2D eigenvalue weighted by Crippen LogP contribution is 2.38. The molecule has 1 aromatic heterocycles. The van der Waals surface area contributed by atoms with Crippen LogP contribution in [0, 0.1) is 0 Å². The maximum Gasteiger partial charge on any atom is 0.238 e. The Bertz CT molecular complexity index is 1140. The van der Waals surface area contributed by atoms with E-state index in [1.807, 2.05) is 13.1 Å². The Morgan fingerprint density at radius 2 is 1.86 bits per heavy atom. The Morgan fingerprint density at radius 1 is 1.06 bits per heavy atom. The zero-order chi connectivity index (χ0) is 24.9. The third-order valence-corrected chi connectivity index (χ3v) is 6.17. The number of hydrogen-bond donors (Lipinski definition) is 2. The molecule has 2 N–H and O–H groups in total. The Kier molecular flexibility index (Phi) is 7.45. The van der Waals surface area contributed by atoms with Crippen molar-refractivity contribution < 1.29 is 19.1 Å². The average Bonchev–Trinajstić information content (AvgIpc) is 3.17. The minimum atomic E-state index is -0.661. The number of likely N-dealkylation sites (N-methyl/N-ethyl adjacent to an activating group) is 1. The number of fused-ring (bicyclic) bond motifs is 2. The third kappa shape index (κ3) is 5.35. The van der Waals surface area contributed by atoms with Gasteiger partial charge < -0.3 is 29.9 Å². The summed E-state index contributed by atoms with van der Waals surface area (Å²) >= 11 is 0. The molecule has 1 aromatic carbocycles. The predicted molar refractivity (Wildman–Crippen MR) is 133 cm³/mol. The number of ether oxygens (including phenoxy) is 2. The molecule has 0 saturated carbocycles. The number of nitrogens with one attached hydrogen (secondary N) is 2. The lowest BCUT2D eigenvalue weighted by Crippen LogP contribution is -2.32. The first-order chi connectivity index (χ1) is 16.9. The normalized spacial score (nSPS) is 19.3. The molecule has 0 fully saturated rings. The first-order valence-corrected chi connectivity index (χ1v) is 11.5. The molecular weight excluding hydrogens is 450 g/mol. The molecule has 1 atom stereocenters. The van der Waals surface area contributed by atoms with Crippen molar-refractivity contribution in [2.75, 3.05) is 58.6 Å². The van der Waals surface area contributed by atoms with Crippen LogP contribution in [0.15, 0.2) is 23.5 Å². The van der Waals surface area contributed by atoms with E-state index in [2.05, 4.69) is 30.5 Å². The minimum absolute atomic E-state index is 0.0809. The summed E-state index contributed by atoms with van der Waals surface area (Å²) in [7, 11) is 6.97. The van der Waals surface area contributed by atoms with E-state index < -0.39 is 5.92 Å². The Morgan fingerprint density at radius 3 is 2.63 bits per heavy atom. The van der Waals surface area contributed by atoms with Gasteiger partial charge in [0.05, 0.1) is 25.5 Å². The predicted octanol–water partition coefficient (Wildman–Crippen LogP) is 2.03. The molecule has 0 aliphatic carbocycles. The summed E-state index contributed by atoms with van der Waals surface area (Å²) in [5, 5.41) is 6.05. The lowest BCUT2D eigenvalue weighted by molar-refractivity contribution is -0.129. The standard InChI is InChI=1S/C24H31N7O4/c1-30-8-5-6-19(32)31(2)9-7-25-22-20-17(24(33)29-23(20)28-14-27-22)12-26-16-10-15(13-30)21(35-4)18(11-16)34-3/h10-12,14,17H,5-9,13H2,1-4H3,(H2,25,27,28,29,33). The SMILES string of the molecule is COc1cc2cc(c1OC)CN(C)CCCC(=O)N(C)CCNc1ncnc3c1C(C=N2)C(=O)N3. The van der Waals surface area contributed by atoms with Gasteiger partial charge in [-0.25, -0.2) is 9.97 Å². The van der Waals surface area contributed by atoms with Crippen LogP contribution in [-0.4, -0.2) is 85.7 Å². The highest BCUT2D eigenvalue weighted by molar-refractivity contribution is 6.13. The van der Waals surface area contributed by atoms with Crippen molar-refractivity contribution in [2.45, 2.75) is 25.3 Å². The number of amides is 2. The van der Waals surface area contributed by atoms with E-state index in [1.165, 1.54) is 6.33 Å². The Labute approximate surface area is 204 Å². The molecule has 2 aliphatic rings. The maximum absolute atomic E-state index is 12.8. The van der Waals surface area contributed by atoms with Crippen molar-refractivity contribution in [3.8, 4) is 11.5 Å². The summed E-state index contributed by atoms with van der Waals surface area (Å²) < 4.78 is 11.2. The molecule has 35 heavy (non-hydrogen) atoms. The van der Waals surface area contributed by atoms with E-state index >= 15 is 0 Å². The monoisotopic (exact) mass is 481 g/mol. The third-order valence-electron chi connectivity index (χ3n) is 6.17. The van der Waals surface area contributed by atoms with Gasteiger partial charge in [0.2, 0.25) is 11.8 Å². The van der Waals surface area contributed by atoms with Crippen LogP contribution in [0.4, 0.5) is 17.3 Å². The van der Waals surface area contributed by atoms with Gasteiger partial charge in [0.25, 0.3) is 0 Å². The number of nitrogens with zero attached hydrogens (tertiary/aromatic N) is 5. The molecular formula is C24H31N7O4. The fraction of sp³-hybridized carbons (Fsp3) is 0.458. The number of methoxy groups -OCH3 is 2. The smallest absolute Gasteiger partial charge is 0.238 e. The van der Waals surface area contributed by atoms with Gasteiger partial charge in [-0.3, -0.25) is 14.6 Å². The van der Waals surface area contributed by atoms with Gasteiger partial charge in [-0.15, -0.1) is 0 Å². The van der Waals surface area contributed by atoms with Crippen LogP contribution in [0.3, 0.4) is 0 Å². The number of carbonyl (C=O) groups is 2. The average molecular weight is 482 g/mol. The van der Waals surface area contributed by atoms with Crippen LogP contribution in [0.1, 0.15) is 29.9 Å². The summed E-state index contributed by atoms with van der Waals surface area (Å²) in [5.41, 5.74) is 2.17. The molecule has 2 aliphatic heterocycles. The number of aliphatic imine (C=N–C) groups is 1. The number of hydrogen-bond acceptors (Lipinski definition) is 9. The van der Waals surface area contributed by atoms with Crippen LogP contribution in [0.5, 0.6) is 11.5 Å². The van der Waals surface area contributed by atoms with Crippen molar-refractivity contribution >= 4 is 35.4 Å². The van der Waals surface area contributed by atoms with Crippen LogP contribution < -0.4 is 20.1 Å². The number of rotatable bonds is 2. The lowest BCUT2D eigenvalue weighted by atomic mass is 10.0. The molecule has 4 rings (SSSR count). The van der Waals surface area contributed by atoms with E-state index in [0.717, 1.165) is 18.5 Å². The van der Waals surface area contributed by atoms with Gasteiger partial charge in [-0.1, -0.05) is 0 Å². The molecule has 2 amide bonds. The molecule has 3 heterocycles. The van der Waals surface area contributed by atoms with Gasteiger partial charge in [0, 0.05) is 50.9 Å². The van der Waals surface area contributed by atoms with E-state index in [0.29, 0.717) is 60.4 Å². The fourth-order valence-electron chi connectivity index (χ4n) is 4.31. The summed E-state index contributed by atoms with van der Waals surface area (Å²) in [5.74, 6) is 1.38. The van der Waals surface area contributed by atoms with E-state index in [4.69, 9.17) is 9.47 Å². The zero-order valence-corrected chi connectivity index (χ0v) is 20.5. The van der Waals surface area contributed by atoms with Crippen LogP contribution in [0.25, 0.3) is 0 Å². The van der Waals surface area contributed by atoms with Gasteiger partial charge in [0.15, 0.2) is 11.5 Å². The molecule has 0 spiro atoms. The topological polar surface area (TPSA) is 121 Å². The highest BCUT2D eigenvalue weighted by Gasteiger charge is 2.34. The van der Waals surface area contributed by atoms with Gasteiger partial charge in [-0.05, 0) is 26.1 Å². The van der Waals surface area contributed by atoms with Crippen LogP contribution in [-0.2, 0) is 16.1 Å². The number of anilines is 2. The van der Waals surface area contributed by atoms with E-state index in [9.17, 15) is 9.59 Å². The fourth-order valence-corrected chi connectivity index (χ4v) is 4.31. The molecule has 0 saturated heterocycles. The van der Waals surface area contributed by atoms with Crippen LogP contribution in [0.2, 0.25) is 0 Å². The summed E-state index contributed by atoms with van der Waals surface area (Å²) in [6.45, 7) is 2.32. The highest BCUT2D eigenvalue weighted by atomic mass is 16.5. The first kappa shape index (κ1) is 24.4. The number of aromatic nitrogens is 2. The van der Waals surface area contributed by atoms with Gasteiger partial charge in [-0.2, -0.15) is 0 Å². The maximum atomic E-state index is 12.8. The molecule has 11 nitrogen and oxygen atoms in total. The van der Waals surface area contributed by atoms with Crippen molar-refractivity contribution in [3.63, 3.8) is 0 Å². The largest absolute Gasteiger partial charge is 0.493 e. The van der Waals surface area contributed by atoms with Crippen molar-refractivity contribution in [3.05, 3.63) is 29.6 Å². The summed E-state index contributed by atoms with van der Waals surface area (Å²) in [6, 6.07) is 3.70. The second-order valence-corrected chi connectivity index (χ2v) is 8.65. The van der Waals surface area contributed by atoms with Crippen molar-refractivity contribution in [1.29, 1.82) is 0 Å². The zero-order valence-electron chi connectivity index (χ0n) is 20.5. The van der Waals surface area contributed by atoms with E-state index in [1.54, 1.807) is 38.4 Å². The molecule has 2 bridgehead atoms. The van der Waals surface area contributed by atoms with Gasteiger partial charge in [0.1, 0.15) is 23.9 Å². The minimum Gasteiger partial charge on any atom is -0.493 e. The summed E-state index contributed by atoms with van der Waals surface area (Å²) in [6.07, 6.45) is 4.19. The quantitative estimate of drug-likeness (QED) is 0.668. The van der Waals surface area contributed by atoms with Gasteiger partial charge >= 0.3 is 0 Å². The Balaban J connectivity index is 1.74. The number of benzene rings is 1. The second-order valence-electron chi connectivity index (χ2n) is 8.65. The van der Waals surface area contributed by atoms with Crippen molar-refractivity contribution in [2.24, 2.45) is 4.99 Å². The van der Waals surface area contributed by atoms with Crippen LogP contribution >= 0.6 is 0 Å². The lowest BCUT2D eigenvalue weighted by Gasteiger charge is -2.22. The van der Waals surface area contributed by atoms with Crippen molar-refractivity contribution in [1.82, 2.24) is 19.8 Å². The van der Waals surface area contributed by atoms with E-state index in [-0.39, 0.29) is 11.8 Å². The summed E-state index contributed by atoms with van der Waals surface area (Å²) in [4.78, 5) is 42.4. The molecule has 11 heteroatoms. The second kappa shape index (κ2) is 10.7. The number of carbonyl (C=O) groups excluding carboxylic acids is 2. The molecule has 1 unspecified atom stereocenters. The Hall–Kier alpha value is -3.73. The first-order valence-electron chi connectivity index (χ1n) is 11.5. The molecule has 186 valence electrons.